The topological polar surface area (TPSA) is 17.1 Å². The average Bonchev–Trinajstić information content (AvgIpc) is 2.79. The zero-order valence-corrected chi connectivity index (χ0v) is 14.8. The van der Waals surface area contributed by atoms with E-state index in [4.69, 9.17) is 0 Å². The molecule has 3 saturated carbocycles. The molecule has 0 heterocycles. The van der Waals surface area contributed by atoms with Crippen LogP contribution >= 0.6 is 0 Å². The highest BCUT2D eigenvalue weighted by Crippen LogP contribution is 2.65. The minimum Gasteiger partial charge on any atom is -0.299 e. The number of rotatable bonds is 0. The quantitative estimate of drug-likeness (QED) is 0.547. The number of hydrogen-bond donors (Lipinski definition) is 0. The van der Waals surface area contributed by atoms with E-state index >= 15 is 0 Å². The Labute approximate surface area is 135 Å². The molecule has 122 valence electrons. The van der Waals surface area contributed by atoms with Gasteiger partial charge in [-0.3, -0.25) is 4.79 Å². The Morgan fingerprint density at radius 1 is 1.00 bits per heavy atom. The first-order chi connectivity index (χ1) is 10.4. The van der Waals surface area contributed by atoms with Crippen molar-refractivity contribution in [2.75, 3.05) is 0 Å². The number of carbonyl (C=O) groups is 1. The van der Waals surface area contributed by atoms with E-state index in [9.17, 15) is 4.79 Å². The third kappa shape index (κ3) is 1.74. The van der Waals surface area contributed by atoms with E-state index in [1.807, 2.05) is 0 Å². The Morgan fingerprint density at radius 3 is 2.45 bits per heavy atom. The lowest BCUT2D eigenvalue weighted by Crippen LogP contribution is -2.51. The monoisotopic (exact) mass is 300 g/mol. The van der Waals surface area contributed by atoms with Crippen LogP contribution in [-0.2, 0) is 4.79 Å². The molecular weight excluding hydrogens is 268 g/mol. The Kier molecular flexibility index (Phi) is 3.20. The first-order valence-corrected chi connectivity index (χ1v) is 9.62. The predicted octanol–water partition coefficient (Wildman–Crippen LogP) is 5.40. The zero-order valence-electron chi connectivity index (χ0n) is 14.8. The van der Waals surface area contributed by atoms with Crippen LogP contribution < -0.4 is 0 Å². The molecule has 4 rings (SSSR count). The van der Waals surface area contributed by atoms with Crippen molar-refractivity contribution in [2.45, 2.75) is 72.6 Å². The fourth-order valence-electron chi connectivity index (χ4n) is 7.01. The van der Waals surface area contributed by atoms with Crippen LogP contribution in [0, 0.1) is 40.4 Å². The number of fused-ring (bicyclic) bond motifs is 5. The zero-order chi connectivity index (χ0) is 15.7. The maximum Gasteiger partial charge on any atom is 0.139 e. The predicted molar refractivity (Wildman–Crippen MR) is 90.4 cm³/mol. The summed E-state index contributed by atoms with van der Waals surface area (Å²) in [5.74, 6) is 4.46. The second kappa shape index (κ2) is 4.71. The van der Waals surface area contributed by atoms with Gasteiger partial charge in [0, 0.05) is 11.8 Å². The highest BCUT2D eigenvalue weighted by molar-refractivity contribution is 5.87. The Bertz CT molecular complexity index is 532. The van der Waals surface area contributed by atoms with Crippen molar-refractivity contribution < 1.29 is 4.79 Å². The van der Waals surface area contributed by atoms with Crippen molar-refractivity contribution in [3.8, 4) is 0 Å². The normalized spacial score (nSPS) is 54.3. The molecule has 7 atom stereocenters. The van der Waals surface area contributed by atoms with Crippen LogP contribution in [0.25, 0.3) is 0 Å². The van der Waals surface area contributed by atoms with Gasteiger partial charge in [-0.1, -0.05) is 39.3 Å². The first kappa shape index (κ1) is 15.0. The van der Waals surface area contributed by atoms with Gasteiger partial charge in [0.05, 0.1) is 0 Å². The minimum absolute atomic E-state index is 0.0243. The van der Waals surface area contributed by atoms with E-state index in [-0.39, 0.29) is 5.41 Å². The highest BCUT2D eigenvalue weighted by Gasteiger charge is 2.59. The highest BCUT2D eigenvalue weighted by atomic mass is 16.1. The number of ketones is 1. The van der Waals surface area contributed by atoms with Crippen molar-refractivity contribution in [2.24, 2.45) is 40.4 Å². The SMILES string of the molecule is C[C@H]1CC[C@@]2(C)C(=CC[C@@H]3[C@@H]2CC[C@]2(C)C(=O)CC[C@@H]32)[C@@H]1C. The number of allylic oxidation sites excluding steroid dienone is 2. The van der Waals surface area contributed by atoms with Crippen LogP contribution in [0.3, 0.4) is 0 Å². The van der Waals surface area contributed by atoms with Gasteiger partial charge in [-0.15, -0.1) is 0 Å². The molecule has 3 fully saturated rings. The van der Waals surface area contributed by atoms with E-state index in [0.717, 1.165) is 36.5 Å². The molecule has 4 aliphatic carbocycles. The molecule has 0 saturated heterocycles. The first-order valence-electron chi connectivity index (χ1n) is 9.62. The third-order valence-electron chi connectivity index (χ3n) is 8.70. The molecule has 0 radical (unpaired) electrons. The minimum atomic E-state index is 0.0243. The summed E-state index contributed by atoms with van der Waals surface area (Å²) < 4.78 is 0. The van der Waals surface area contributed by atoms with Gasteiger partial charge in [-0.2, -0.15) is 0 Å². The van der Waals surface area contributed by atoms with Crippen molar-refractivity contribution in [3.63, 3.8) is 0 Å². The summed E-state index contributed by atoms with van der Waals surface area (Å²) in [6.45, 7) is 9.75. The van der Waals surface area contributed by atoms with Crippen molar-refractivity contribution >= 4 is 5.78 Å². The van der Waals surface area contributed by atoms with Gasteiger partial charge < -0.3 is 0 Å². The molecule has 0 aromatic heterocycles. The molecule has 0 amide bonds. The van der Waals surface area contributed by atoms with Crippen LogP contribution in [-0.4, -0.2) is 5.78 Å². The molecule has 0 N–H and O–H groups in total. The van der Waals surface area contributed by atoms with E-state index < -0.39 is 0 Å². The fraction of sp³-hybridized carbons (Fsp3) is 0.857. The van der Waals surface area contributed by atoms with Gasteiger partial charge in [0.1, 0.15) is 5.78 Å². The Morgan fingerprint density at radius 2 is 1.68 bits per heavy atom. The van der Waals surface area contributed by atoms with Crippen molar-refractivity contribution in [3.05, 3.63) is 11.6 Å². The van der Waals surface area contributed by atoms with Crippen LogP contribution in [0.4, 0.5) is 0 Å². The molecule has 0 bridgehead atoms. The summed E-state index contributed by atoms with van der Waals surface area (Å²) in [5, 5.41) is 0. The van der Waals surface area contributed by atoms with Gasteiger partial charge in [0.25, 0.3) is 0 Å². The molecule has 22 heavy (non-hydrogen) atoms. The van der Waals surface area contributed by atoms with Crippen molar-refractivity contribution in [1.29, 1.82) is 0 Å². The molecule has 4 aliphatic rings. The molecule has 0 spiro atoms. The molecule has 0 aromatic carbocycles. The maximum atomic E-state index is 12.4. The van der Waals surface area contributed by atoms with Gasteiger partial charge >= 0.3 is 0 Å². The van der Waals surface area contributed by atoms with E-state index in [0.29, 0.717) is 17.1 Å². The number of carbonyl (C=O) groups excluding carboxylic acids is 1. The Hall–Kier alpha value is -0.590. The summed E-state index contributed by atoms with van der Waals surface area (Å²) in [6, 6.07) is 0. The smallest absolute Gasteiger partial charge is 0.139 e. The molecule has 1 heteroatoms. The lowest BCUT2D eigenvalue weighted by atomic mass is 9.46. The molecule has 1 nitrogen and oxygen atoms in total. The maximum absolute atomic E-state index is 12.4. The second-order valence-corrected chi connectivity index (χ2v) is 9.41. The molecule has 0 unspecified atom stereocenters. The van der Waals surface area contributed by atoms with Gasteiger partial charge in [0.2, 0.25) is 0 Å². The van der Waals surface area contributed by atoms with Crippen LogP contribution in [0.2, 0.25) is 0 Å². The Balaban J connectivity index is 1.71. The van der Waals surface area contributed by atoms with Crippen LogP contribution in [0.1, 0.15) is 72.6 Å². The average molecular weight is 300 g/mol. The molecule has 0 aromatic rings. The third-order valence-corrected chi connectivity index (χ3v) is 8.70. The summed E-state index contributed by atoms with van der Waals surface area (Å²) in [6.07, 6.45) is 11.1. The number of hydrogen-bond acceptors (Lipinski definition) is 1. The van der Waals surface area contributed by atoms with Gasteiger partial charge in [-0.05, 0) is 73.5 Å². The van der Waals surface area contributed by atoms with E-state index in [2.05, 4.69) is 33.8 Å². The largest absolute Gasteiger partial charge is 0.299 e. The summed E-state index contributed by atoms with van der Waals surface area (Å²) in [7, 11) is 0. The summed E-state index contributed by atoms with van der Waals surface area (Å²) in [5.41, 5.74) is 2.23. The standard InChI is InChI=1S/C21H32O/c1-13-9-11-20(3)16(14(13)2)6-5-15-17-7-8-19(22)21(17,4)12-10-18(15)20/h6,13-15,17-18H,5,7-12H2,1-4H3/t13-,14+,15-,17-,18-,20-,21-/m0/s1. The summed E-state index contributed by atoms with van der Waals surface area (Å²) >= 11 is 0. The van der Waals surface area contributed by atoms with Gasteiger partial charge in [-0.25, -0.2) is 0 Å². The van der Waals surface area contributed by atoms with Gasteiger partial charge in [0.15, 0.2) is 0 Å². The van der Waals surface area contributed by atoms with Crippen LogP contribution in [0.15, 0.2) is 11.6 Å². The summed E-state index contributed by atoms with van der Waals surface area (Å²) in [4.78, 5) is 12.4. The fourth-order valence-corrected chi connectivity index (χ4v) is 7.01. The van der Waals surface area contributed by atoms with Crippen molar-refractivity contribution in [1.82, 2.24) is 0 Å². The van der Waals surface area contributed by atoms with E-state index in [1.54, 1.807) is 5.57 Å². The molecular formula is C21H32O. The lowest BCUT2D eigenvalue weighted by molar-refractivity contribution is -0.132. The molecule has 0 aliphatic heterocycles. The van der Waals surface area contributed by atoms with E-state index in [1.165, 1.54) is 32.1 Å². The van der Waals surface area contributed by atoms with Crippen LogP contribution in [0.5, 0.6) is 0 Å². The second-order valence-electron chi connectivity index (χ2n) is 9.41. The lowest BCUT2D eigenvalue weighted by Gasteiger charge is -2.58. The number of Topliss-reactive ketones (excluding diaryl/α,β-unsaturated/α-hetero) is 1.